The summed E-state index contributed by atoms with van der Waals surface area (Å²) in [6, 6.07) is 0. The number of hydrogen-bond acceptors (Lipinski definition) is 4. The monoisotopic (exact) mass is 281 g/mol. The standard InChI is InChI=1S/C12H19N5OS/c1-3-18-6-4-14-11(13-2)15-8-10-9-17-5-7-19-12(17)16-10/h5,7,9H,3-4,6,8H2,1-2H3,(H2,13,14,15). The lowest BCUT2D eigenvalue weighted by molar-refractivity contribution is 0.152. The average molecular weight is 281 g/mol. The fraction of sp³-hybridized carbons (Fsp3) is 0.500. The van der Waals surface area contributed by atoms with E-state index in [1.807, 2.05) is 29.1 Å². The second-order valence-electron chi connectivity index (χ2n) is 3.87. The van der Waals surface area contributed by atoms with Crippen LogP contribution in [0.25, 0.3) is 4.96 Å². The molecule has 0 atom stereocenters. The molecule has 0 aliphatic heterocycles. The molecule has 7 heteroatoms. The highest BCUT2D eigenvalue weighted by molar-refractivity contribution is 7.15. The van der Waals surface area contributed by atoms with Crippen molar-refractivity contribution in [2.45, 2.75) is 13.5 Å². The Balaban J connectivity index is 1.78. The van der Waals surface area contributed by atoms with Gasteiger partial charge in [0, 0.05) is 38.0 Å². The third-order valence-electron chi connectivity index (χ3n) is 2.55. The molecule has 2 rings (SSSR count). The van der Waals surface area contributed by atoms with Crippen LogP contribution in [0.5, 0.6) is 0 Å². The maximum atomic E-state index is 5.26. The molecule has 0 spiro atoms. The van der Waals surface area contributed by atoms with E-state index < -0.39 is 0 Å². The van der Waals surface area contributed by atoms with Crippen molar-refractivity contribution in [2.75, 3.05) is 26.8 Å². The minimum atomic E-state index is 0.655. The van der Waals surface area contributed by atoms with Crippen molar-refractivity contribution in [3.63, 3.8) is 0 Å². The molecule has 0 amide bonds. The van der Waals surface area contributed by atoms with E-state index >= 15 is 0 Å². The molecule has 0 bridgehead atoms. The second-order valence-corrected chi connectivity index (χ2v) is 4.75. The molecule has 19 heavy (non-hydrogen) atoms. The van der Waals surface area contributed by atoms with Gasteiger partial charge in [0.2, 0.25) is 0 Å². The number of aliphatic imine (C=N–C) groups is 1. The quantitative estimate of drug-likeness (QED) is 0.473. The van der Waals surface area contributed by atoms with Gasteiger partial charge in [-0.15, -0.1) is 11.3 Å². The van der Waals surface area contributed by atoms with Gasteiger partial charge in [0.05, 0.1) is 18.8 Å². The molecule has 2 aromatic rings. The number of thiazole rings is 1. The van der Waals surface area contributed by atoms with Gasteiger partial charge in [-0.3, -0.25) is 9.39 Å². The van der Waals surface area contributed by atoms with E-state index in [0.717, 1.165) is 29.8 Å². The van der Waals surface area contributed by atoms with Crippen molar-refractivity contribution >= 4 is 22.3 Å². The van der Waals surface area contributed by atoms with Gasteiger partial charge < -0.3 is 15.4 Å². The summed E-state index contributed by atoms with van der Waals surface area (Å²) in [5, 5.41) is 8.43. The van der Waals surface area contributed by atoms with E-state index in [1.165, 1.54) is 0 Å². The first-order valence-corrected chi connectivity index (χ1v) is 7.14. The summed E-state index contributed by atoms with van der Waals surface area (Å²) in [7, 11) is 1.75. The highest BCUT2D eigenvalue weighted by Gasteiger charge is 2.03. The van der Waals surface area contributed by atoms with Crippen LogP contribution in [0.2, 0.25) is 0 Å². The molecule has 0 aliphatic rings. The van der Waals surface area contributed by atoms with Crippen LogP contribution in [-0.4, -0.2) is 42.2 Å². The summed E-state index contributed by atoms with van der Waals surface area (Å²) < 4.78 is 7.28. The number of hydrogen-bond donors (Lipinski definition) is 2. The first kappa shape index (κ1) is 13.8. The molecule has 2 heterocycles. The van der Waals surface area contributed by atoms with Crippen molar-refractivity contribution in [1.29, 1.82) is 0 Å². The zero-order valence-corrected chi connectivity index (χ0v) is 12.0. The fourth-order valence-corrected chi connectivity index (χ4v) is 2.36. The second kappa shape index (κ2) is 7.10. The Labute approximate surface area is 116 Å². The smallest absolute Gasteiger partial charge is 0.193 e. The number of guanidine groups is 1. The molecule has 0 unspecified atom stereocenters. The summed E-state index contributed by atoms with van der Waals surface area (Å²) in [5.74, 6) is 0.760. The molecule has 2 aromatic heterocycles. The van der Waals surface area contributed by atoms with Gasteiger partial charge in [-0.05, 0) is 6.92 Å². The number of imidazole rings is 1. The Hall–Kier alpha value is -1.60. The topological polar surface area (TPSA) is 63.0 Å². The lowest BCUT2D eigenvalue weighted by Crippen LogP contribution is -2.38. The minimum Gasteiger partial charge on any atom is -0.380 e. The number of nitrogens with one attached hydrogen (secondary N) is 2. The normalized spacial score (nSPS) is 12.0. The van der Waals surface area contributed by atoms with E-state index in [9.17, 15) is 0 Å². The van der Waals surface area contributed by atoms with E-state index in [0.29, 0.717) is 13.2 Å². The van der Waals surface area contributed by atoms with Crippen LogP contribution < -0.4 is 10.6 Å². The zero-order chi connectivity index (χ0) is 13.5. The Kier molecular flexibility index (Phi) is 5.17. The van der Waals surface area contributed by atoms with Crippen LogP contribution in [0.3, 0.4) is 0 Å². The number of aromatic nitrogens is 2. The van der Waals surface area contributed by atoms with E-state index in [4.69, 9.17) is 4.74 Å². The summed E-state index contributed by atoms with van der Waals surface area (Å²) in [5.41, 5.74) is 1.000. The first-order chi connectivity index (χ1) is 9.33. The molecule has 0 aliphatic carbocycles. The maximum Gasteiger partial charge on any atom is 0.193 e. The third kappa shape index (κ3) is 3.93. The first-order valence-electron chi connectivity index (χ1n) is 6.26. The van der Waals surface area contributed by atoms with Gasteiger partial charge in [0.15, 0.2) is 10.9 Å². The third-order valence-corrected chi connectivity index (χ3v) is 3.32. The lowest BCUT2D eigenvalue weighted by Gasteiger charge is -2.10. The summed E-state index contributed by atoms with van der Waals surface area (Å²) >= 11 is 1.63. The van der Waals surface area contributed by atoms with E-state index in [-0.39, 0.29) is 0 Å². The molecule has 0 saturated heterocycles. The van der Waals surface area contributed by atoms with Crippen LogP contribution in [0.4, 0.5) is 0 Å². The molecular formula is C12H19N5OS. The van der Waals surface area contributed by atoms with Gasteiger partial charge in [0.1, 0.15) is 0 Å². The van der Waals surface area contributed by atoms with Crippen LogP contribution in [-0.2, 0) is 11.3 Å². The van der Waals surface area contributed by atoms with Crippen molar-refractivity contribution in [2.24, 2.45) is 4.99 Å². The number of rotatable bonds is 6. The summed E-state index contributed by atoms with van der Waals surface area (Å²) in [4.78, 5) is 9.66. The minimum absolute atomic E-state index is 0.655. The van der Waals surface area contributed by atoms with Crippen molar-refractivity contribution in [3.8, 4) is 0 Å². The Morgan fingerprint density at radius 1 is 1.53 bits per heavy atom. The molecule has 0 saturated carbocycles. The van der Waals surface area contributed by atoms with Gasteiger partial charge in [-0.1, -0.05) is 0 Å². The molecule has 0 fully saturated rings. The predicted molar refractivity (Wildman–Crippen MR) is 77.8 cm³/mol. The van der Waals surface area contributed by atoms with Gasteiger partial charge in [-0.2, -0.15) is 0 Å². The largest absolute Gasteiger partial charge is 0.380 e. The fourth-order valence-electron chi connectivity index (χ4n) is 1.64. The number of nitrogens with zero attached hydrogens (tertiary/aromatic N) is 3. The molecule has 104 valence electrons. The summed E-state index contributed by atoms with van der Waals surface area (Å²) in [6.45, 7) is 4.79. The Morgan fingerprint density at radius 3 is 3.16 bits per heavy atom. The van der Waals surface area contributed by atoms with Crippen molar-refractivity contribution in [3.05, 3.63) is 23.5 Å². The van der Waals surface area contributed by atoms with Crippen LogP contribution >= 0.6 is 11.3 Å². The Bertz CT molecular complexity index is 504. The van der Waals surface area contributed by atoms with Crippen LogP contribution in [0, 0.1) is 0 Å². The van der Waals surface area contributed by atoms with E-state index in [1.54, 1.807) is 18.4 Å². The van der Waals surface area contributed by atoms with Gasteiger partial charge in [-0.25, -0.2) is 4.98 Å². The molecule has 6 nitrogen and oxygen atoms in total. The predicted octanol–water partition coefficient (Wildman–Crippen LogP) is 1.10. The zero-order valence-electron chi connectivity index (χ0n) is 11.2. The van der Waals surface area contributed by atoms with Gasteiger partial charge in [0.25, 0.3) is 0 Å². The molecule has 0 radical (unpaired) electrons. The molecule has 0 aromatic carbocycles. The van der Waals surface area contributed by atoms with E-state index in [2.05, 4.69) is 20.6 Å². The van der Waals surface area contributed by atoms with Crippen molar-refractivity contribution in [1.82, 2.24) is 20.0 Å². The van der Waals surface area contributed by atoms with Gasteiger partial charge >= 0.3 is 0 Å². The Morgan fingerprint density at radius 2 is 2.42 bits per heavy atom. The SMILES string of the molecule is CCOCCNC(=NC)NCc1cn2ccsc2n1. The maximum absolute atomic E-state index is 5.26. The number of fused-ring (bicyclic) bond motifs is 1. The highest BCUT2D eigenvalue weighted by Crippen LogP contribution is 2.10. The van der Waals surface area contributed by atoms with Crippen LogP contribution in [0.1, 0.15) is 12.6 Å². The van der Waals surface area contributed by atoms with Crippen molar-refractivity contribution < 1.29 is 4.74 Å². The lowest BCUT2D eigenvalue weighted by atomic mass is 10.5. The molecular weight excluding hydrogens is 262 g/mol. The molecule has 2 N–H and O–H groups in total. The average Bonchev–Trinajstić information content (AvgIpc) is 2.98. The summed E-state index contributed by atoms with van der Waals surface area (Å²) in [6.07, 6.45) is 4.03. The highest BCUT2D eigenvalue weighted by atomic mass is 32.1. The number of ether oxygens (including phenoxy) is 1. The van der Waals surface area contributed by atoms with Crippen LogP contribution in [0.15, 0.2) is 22.8 Å².